The van der Waals surface area contributed by atoms with Crippen LogP contribution < -0.4 is 15.8 Å². The molecule has 0 amide bonds. The second-order valence-electron chi connectivity index (χ2n) is 6.01. The molecule has 158 valence electrons. The van der Waals surface area contributed by atoms with Gasteiger partial charge in [0.05, 0.1) is 18.6 Å². The third kappa shape index (κ3) is 4.24. The van der Waals surface area contributed by atoms with Gasteiger partial charge < -0.3 is 15.8 Å². The van der Waals surface area contributed by atoms with Crippen LogP contribution in [0.2, 0.25) is 10.0 Å². The highest BCUT2D eigenvalue weighted by Crippen LogP contribution is 2.37. The monoisotopic (exact) mass is 461 g/mol. The Kier molecular flexibility index (Phi) is 3.16. The molecule has 1 aliphatic heterocycles. The molecule has 3 N–H and O–H groups in total. The maximum Gasteiger partial charge on any atom is 0.166 e. The van der Waals surface area contributed by atoms with Crippen molar-refractivity contribution in [1.82, 2.24) is 20.1 Å². The number of benzene rings is 1. The van der Waals surface area contributed by atoms with Gasteiger partial charge in [0.15, 0.2) is 11.6 Å². The van der Waals surface area contributed by atoms with E-state index in [1.165, 1.54) is 12.3 Å². The van der Waals surface area contributed by atoms with Crippen LogP contribution in [0, 0.1) is 5.82 Å². The van der Waals surface area contributed by atoms with E-state index in [4.69, 9.17) is 50.1 Å². The largest absolute Gasteiger partial charge is 0.482 e. The summed E-state index contributed by atoms with van der Waals surface area (Å²) in [7, 11) is 0. The Morgan fingerprint density at radius 2 is 2.17 bits per heavy atom. The minimum absolute atomic E-state index is 0.0393. The Labute approximate surface area is 201 Å². The number of nitrogen functional groups attached to an aromatic ring is 1. The van der Waals surface area contributed by atoms with Crippen LogP contribution in [-0.4, -0.2) is 27.8 Å². The van der Waals surface area contributed by atoms with Gasteiger partial charge in [-0.15, -0.1) is 0 Å². The predicted octanol–water partition coefficient (Wildman–Crippen LogP) is 5.04. The van der Waals surface area contributed by atoms with Crippen LogP contribution in [0.25, 0.3) is 11.1 Å². The first-order chi connectivity index (χ1) is 19.0. The quantitative estimate of drug-likeness (QED) is 0.520. The van der Waals surface area contributed by atoms with Gasteiger partial charge in [0, 0.05) is 49.2 Å². The summed E-state index contributed by atoms with van der Waals surface area (Å²) in [5, 5.41) is 4.75. The van der Waals surface area contributed by atoms with E-state index in [0.29, 0.717) is 4.68 Å². The molecule has 6 nitrogen and oxygen atoms in total. The topological polar surface area (TPSA) is 78.0 Å². The van der Waals surface area contributed by atoms with Gasteiger partial charge in [-0.1, -0.05) is 23.2 Å². The van der Waals surface area contributed by atoms with E-state index in [1.807, 2.05) is 0 Å². The van der Waals surface area contributed by atoms with E-state index < -0.39 is 55.6 Å². The summed E-state index contributed by atoms with van der Waals surface area (Å²) >= 11 is 12.2. The van der Waals surface area contributed by atoms with Gasteiger partial charge in [-0.25, -0.2) is 9.37 Å². The van der Waals surface area contributed by atoms with E-state index >= 15 is 0 Å². The summed E-state index contributed by atoms with van der Waals surface area (Å²) in [4.78, 5) is 3.96. The van der Waals surface area contributed by atoms with E-state index in [1.54, 1.807) is 5.32 Å². The van der Waals surface area contributed by atoms with E-state index in [9.17, 15) is 4.39 Å². The summed E-state index contributed by atoms with van der Waals surface area (Å²) in [6, 6.07) is -0.0347. The fourth-order valence-electron chi connectivity index (χ4n) is 2.63. The molecule has 0 saturated carbocycles. The zero-order valence-electron chi connectivity index (χ0n) is 27.0. The predicted molar refractivity (Wildman–Crippen MR) is 116 cm³/mol. The van der Waals surface area contributed by atoms with Gasteiger partial charge in [0.2, 0.25) is 0 Å². The average molecular weight is 462 g/mol. The maximum absolute atomic E-state index is 14.2. The van der Waals surface area contributed by atoms with Gasteiger partial charge in [0.1, 0.15) is 11.9 Å². The first-order valence-electron chi connectivity index (χ1n) is 14.4. The second kappa shape index (κ2) is 8.79. The number of piperidine rings is 1. The van der Waals surface area contributed by atoms with Crippen LogP contribution in [0.3, 0.4) is 0 Å². The molecule has 1 saturated heterocycles. The number of nitrogens with zero attached hydrogens (tertiary/aromatic N) is 3. The molecule has 0 unspecified atom stereocenters. The van der Waals surface area contributed by atoms with Crippen molar-refractivity contribution in [2.45, 2.75) is 31.7 Å². The summed E-state index contributed by atoms with van der Waals surface area (Å²) in [6.45, 7) is -9.34. The molecule has 0 spiro atoms. The minimum atomic E-state index is -3.37. The lowest BCUT2D eigenvalue weighted by Crippen LogP contribution is -2.29. The Bertz CT molecular complexity index is 1510. The number of ether oxygens (including phenoxy) is 1. The molecule has 30 heavy (non-hydrogen) atoms. The van der Waals surface area contributed by atoms with Crippen LogP contribution >= 0.6 is 23.2 Å². The summed E-state index contributed by atoms with van der Waals surface area (Å²) < 4.78 is 118. The fourth-order valence-corrected chi connectivity index (χ4v) is 3.20. The van der Waals surface area contributed by atoms with Crippen molar-refractivity contribution in [2.75, 3.05) is 18.7 Å². The Hall–Kier alpha value is -2.35. The molecule has 3 heterocycles. The van der Waals surface area contributed by atoms with Crippen molar-refractivity contribution in [2.24, 2.45) is 0 Å². The van der Waals surface area contributed by atoms with Crippen LogP contribution in [0.15, 0.2) is 36.8 Å². The van der Waals surface area contributed by atoms with Crippen LogP contribution in [0.1, 0.15) is 53.7 Å². The van der Waals surface area contributed by atoms with Crippen molar-refractivity contribution in [3.05, 3.63) is 58.2 Å². The van der Waals surface area contributed by atoms with Crippen LogP contribution in [0.4, 0.5) is 10.2 Å². The number of anilines is 1. The van der Waals surface area contributed by atoms with Crippen molar-refractivity contribution >= 4 is 29.0 Å². The molecule has 2 aromatic heterocycles. The van der Waals surface area contributed by atoms with Crippen molar-refractivity contribution < 1.29 is 25.6 Å². The number of nitrogens with two attached hydrogens (primary N) is 1. The lowest BCUT2D eigenvalue weighted by atomic mass is 10.1. The number of hydrogen-bond donors (Lipinski definition) is 2. The summed E-state index contributed by atoms with van der Waals surface area (Å²) in [6.07, 6.45) is -5.46. The van der Waals surface area contributed by atoms with E-state index in [2.05, 4.69) is 10.1 Å². The van der Waals surface area contributed by atoms with Crippen LogP contribution in [0.5, 0.6) is 5.75 Å². The maximum atomic E-state index is 14.2. The standard InChI is InChI=1S/C21H22Cl2FN5O/c1-12(19-16(22)2-3-17(24)20(19)23)30-18-8-13(9-27-21(18)25)14-10-28-29(11-14)15-4-6-26-7-5-15/h2-3,8-12,15,26H,4-7H2,1H3,(H2,25,27)/t12-/m1/s1/i1D3,4D2,5D2,6D2,7D2,15D. The lowest BCUT2D eigenvalue weighted by molar-refractivity contribution is 0.227. The number of hydrogen-bond acceptors (Lipinski definition) is 5. The average Bonchev–Trinajstić information content (AvgIpc) is 3.35. The Morgan fingerprint density at radius 1 is 1.37 bits per heavy atom. The number of pyridine rings is 1. The number of halogens is 3. The summed E-state index contributed by atoms with van der Waals surface area (Å²) in [5.41, 5.74) is 5.68. The SMILES string of the molecule is [2H]C([2H])([2H])[C@@H](Oc1cc(-c2cnn(C3([2H])C([2H])([2H])C([2H])([2H])NC([2H])([2H])C3([2H])[2H])c2)cnc1N)c1c(Cl)ccc(F)c1Cl. The molecule has 1 fully saturated rings. The van der Waals surface area contributed by atoms with Gasteiger partial charge in [-0.2, -0.15) is 5.10 Å². The van der Waals surface area contributed by atoms with Crippen molar-refractivity contribution in [1.29, 1.82) is 0 Å². The molecule has 3 aromatic rings. The van der Waals surface area contributed by atoms with E-state index in [0.717, 1.165) is 24.5 Å². The van der Waals surface area contributed by atoms with Crippen molar-refractivity contribution in [3.8, 4) is 16.9 Å². The molecular formula is C21H22Cl2FN5O. The van der Waals surface area contributed by atoms with E-state index in [-0.39, 0.29) is 33.3 Å². The summed E-state index contributed by atoms with van der Waals surface area (Å²) in [5.74, 6) is -1.57. The third-order valence-corrected chi connectivity index (χ3v) is 4.81. The Morgan fingerprint density at radius 3 is 2.93 bits per heavy atom. The number of aromatic nitrogens is 3. The molecule has 1 aromatic carbocycles. The van der Waals surface area contributed by atoms with Gasteiger partial charge >= 0.3 is 0 Å². The first-order valence-corrected chi connectivity index (χ1v) is 9.15. The molecular weight excluding hydrogens is 428 g/mol. The van der Waals surface area contributed by atoms with Crippen LogP contribution in [-0.2, 0) is 0 Å². The molecule has 9 heteroatoms. The fraction of sp³-hybridized carbons (Fsp3) is 0.333. The van der Waals surface area contributed by atoms with Gasteiger partial charge in [-0.3, -0.25) is 4.68 Å². The Balaban J connectivity index is 1.80. The normalized spacial score (nSPS) is 30.0. The smallest absolute Gasteiger partial charge is 0.166 e. The molecule has 4 rings (SSSR count). The minimum Gasteiger partial charge on any atom is -0.482 e. The lowest BCUT2D eigenvalue weighted by Gasteiger charge is -2.22. The van der Waals surface area contributed by atoms with Gasteiger partial charge in [-0.05, 0) is 50.8 Å². The third-order valence-electron chi connectivity index (χ3n) is 4.10. The molecule has 1 atom stereocenters. The zero-order chi connectivity index (χ0) is 31.8. The molecule has 0 radical (unpaired) electrons. The second-order valence-corrected chi connectivity index (χ2v) is 6.79. The first kappa shape index (κ1) is 10.8. The number of rotatable bonds is 5. The molecule has 0 bridgehead atoms. The molecule has 0 aliphatic carbocycles. The highest BCUT2D eigenvalue weighted by atomic mass is 35.5. The highest BCUT2D eigenvalue weighted by Gasteiger charge is 2.21. The highest BCUT2D eigenvalue weighted by molar-refractivity contribution is 6.36. The zero-order valence-corrected chi connectivity index (χ0v) is 16.5. The van der Waals surface area contributed by atoms with Gasteiger partial charge in [0.25, 0.3) is 0 Å². The number of nitrogens with one attached hydrogen (secondary N) is 1. The van der Waals surface area contributed by atoms with Crippen molar-refractivity contribution in [3.63, 3.8) is 0 Å². The molecule has 1 aliphatic rings.